The van der Waals surface area contributed by atoms with E-state index in [1.165, 1.54) is 22.3 Å². The van der Waals surface area contributed by atoms with Crippen molar-refractivity contribution in [3.05, 3.63) is 76.5 Å². The molecule has 0 bridgehead atoms. The highest BCUT2D eigenvalue weighted by Crippen LogP contribution is 2.21. The topological polar surface area (TPSA) is 60.1 Å². The molecule has 0 amide bonds. The SMILES string of the molecule is CCc1ccc2c(c1)CCN(C(C)O)C2.Cc1ccc2nc(C#N)ccc2c1. The summed E-state index contributed by atoms with van der Waals surface area (Å²) in [6.45, 7) is 7.92. The van der Waals surface area contributed by atoms with Crippen molar-refractivity contribution in [2.24, 2.45) is 0 Å². The van der Waals surface area contributed by atoms with Crippen LogP contribution in [-0.4, -0.2) is 27.8 Å². The molecule has 0 saturated heterocycles. The second kappa shape index (κ2) is 8.97. The lowest BCUT2D eigenvalue weighted by atomic mass is 9.96. The van der Waals surface area contributed by atoms with E-state index in [0.717, 1.165) is 36.8 Å². The molecule has 28 heavy (non-hydrogen) atoms. The summed E-state index contributed by atoms with van der Waals surface area (Å²) in [6, 6.07) is 18.4. The van der Waals surface area contributed by atoms with Crippen LogP contribution in [0.15, 0.2) is 48.5 Å². The Hall–Kier alpha value is -2.74. The standard InChI is InChI=1S/C13H19NO.C11H8N2/c1-3-11-4-5-13-9-14(10(2)15)7-6-12(13)8-11;1-8-2-5-11-9(6-8)3-4-10(7-12)13-11/h4-5,8,10,15H,3,6-7,9H2,1-2H3;2-6H,1H3. The minimum absolute atomic E-state index is 0.330. The molecule has 1 unspecified atom stereocenters. The Balaban J connectivity index is 0.000000162. The number of aliphatic hydroxyl groups is 1. The van der Waals surface area contributed by atoms with E-state index < -0.39 is 0 Å². The fourth-order valence-corrected chi connectivity index (χ4v) is 3.47. The van der Waals surface area contributed by atoms with E-state index in [4.69, 9.17) is 5.26 Å². The van der Waals surface area contributed by atoms with Crippen LogP contribution < -0.4 is 0 Å². The molecule has 1 aromatic heterocycles. The monoisotopic (exact) mass is 373 g/mol. The first-order valence-corrected chi connectivity index (χ1v) is 9.80. The van der Waals surface area contributed by atoms with Crippen LogP contribution in [0, 0.1) is 18.3 Å². The van der Waals surface area contributed by atoms with Crippen molar-refractivity contribution in [3.63, 3.8) is 0 Å². The Labute approximate surface area is 167 Å². The molecule has 4 heteroatoms. The first kappa shape index (κ1) is 20.0. The van der Waals surface area contributed by atoms with E-state index in [9.17, 15) is 5.11 Å². The molecule has 144 valence electrons. The predicted molar refractivity (Wildman–Crippen MR) is 113 cm³/mol. The van der Waals surface area contributed by atoms with Gasteiger partial charge in [0, 0.05) is 18.5 Å². The largest absolute Gasteiger partial charge is 0.379 e. The number of hydrogen-bond acceptors (Lipinski definition) is 4. The van der Waals surface area contributed by atoms with Gasteiger partial charge >= 0.3 is 0 Å². The van der Waals surface area contributed by atoms with Crippen LogP contribution >= 0.6 is 0 Å². The Morgan fingerprint density at radius 3 is 2.68 bits per heavy atom. The maximum absolute atomic E-state index is 9.53. The van der Waals surface area contributed by atoms with E-state index in [0.29, 0.717) is 5.69 Å². The number of fused-ring (bicyclic) bond motifs is 2. The van der Waals surface area contributed by atoms with E-state index in [-0.39, 0.29) is 6.23 Å². The van der Waals surface area contributed by atoms with Gasteiger partial charge in [0.15, 0.2) is 0 Å². The summed E-state index contributed by atoms with van der Waals surface area (Å²) in [7, 11) is 0. The molecular formula is C24H27N3O. The van der Waals surface area contributed by atoms with Gasteiger partial charge in [0.05, 0.1) is 5.52 Å². The second-order valence-electron chi connectivity index (χ2n) is 7.31. The van der Waals surface area contributed by atoms with Crippen molar-refractivity contribution in [3.8, 4) is 6.07 Å². The van der Waals surface area contributed by atoms with Gasteiger partial charge in [-0.2, -0.15) is 5.26 Å². The van der Waals surface area contributed by atoms with Gasteiger partial charge in [-0.25, -0.2) is 4.98 Å². The van der Waals surface area contributed by atoms with Crippen LogP contribution in [-0.2, 0) is 19.4 Å². The summed E-state index contributed by atoms with van der Waals surface area (Å²) in [5.41, 5.74) is 6.81. The molecule has 2 heterocycles. The number of benzene rings is 2. The van der Waals surface area contributed by atoms with Gasteiger partial charge in [-0.1, -0.05) is 36.8 Å². The Morgan fingerprint density at radius 1 is 1.14 bits per heavy atom. The number of aliphatic hydroxyl groups excluding tert-OH is 1. The third-order valence-corrected chi connectivity index (χ3v) is 5.21. The normalized spacial score (nSPS) is 14.5. The van der Waals surface area contributed by atoms with Crippen molar-refractivity contribution in [1.29, 1.82) is 5.26 Å². The Kier molecular flexibility index (Phi) is 6.41. The van der Waals surface area contributed by atoms with Crippen LogP contribution in [0.25, 0.3) is 10.9 Å². The van der Waals surface area contributed by atoms with Crippen molar-refractivity contribution in [2.45, 2.75) is 46.4 Å². The first-order valence-electron chi connectivity index (χ1n) is 9.80. The Bertz CT molecular complexity index is 1000. The quantitative estimate of drug-likeness (QED) is 0.725. The van der Waals surface area contributed by atoms with Crippen LogP contribution in [0.2, 0.25) is 0 Å². The number of aromatic nitrogens is 1. The summed E-state index contributed by atoms with van der Waals surface area (Å²) < 4.78 is 0. The lowest BCUT2D eigenvalue weighted by molar-refractivity contribution is 0.00917. The molecule has 1 atom stereocenters. The van der Waals surface area contributed by atoms with Gasteiger partial charge in [-0.3, -0.25) is 4.90 Å². The summed E-state index contributed by atoms with van der Waals surface area (Å²) in [5.74, 6) is 0. The molecule has 4 nitrogen and oxygen atoms in total. The van der Waals surface area contributed by atoms with Crippen LogP contribution in [0.4, 0.5) is 0 Å². The molecule has 0 spiro atoms. The van der Waals surface area contributed by atoms with Crippen LogP contribution in [0.1, 0.15) is 41.8 Å². The highest BCUT2D eigenvalue weighted by molar-refractivity contribution is 5.79. The van der Waals surface area contributed by atoms with E-state index >= 15 is 0 Å². The van der Waals surface area contributed by atoms with Gasteiger partial charge < -0.3 is 5.11 Å². The molecule has 1 aliphatic rings. The highest BCUT2D eigenvalue weighted by Gasteiger charge is 2.18. The summed E-state index contributed by atoms with van der Waals surface area (Å²) in [5, 5.41) is 19.3. The van der Waals surface area contributed by atoms with Gasteiger partial charge in [0.1, 0.15) is 18.0 Å². The zero-order valence-corrected chi connectivity index (χ0v) is 16.8. The van der Waals surface area contributed by atoms with Gasteiger partial charge in [0.25, 0.3) is 0 Å². The molecule has 2 aromatic carbocycles. The van der Waals surface area contributed by atoms with Crippen LogP contribution in [0.3, 0.4) is 0 Å². The van der Waals surface area contributed by atoms with Crippen molar-refractivity contribution in [2.75, 3.05) is 6.54 Å². The number of nitrogens with zero attached hydrogens (tertiary/aromatic N) is 3. The van der Waals surface area contributed by atoms with Crippen molar-refractivity contribution in [1.82, 2.24) is 9.88 Å². The average molecular weight is 374 g/mol. The highest BCUT2D eigenvalue weighted by atomic mass is 16.3. The molecule has 0 aliphatic carbocycles. The molecular weight excluding hydrogens is 346 g/mol. The van der Waals surface area contributed by atoms with Crippen molar-refractivity contribution < 1.29 is 5.11 Å². The van der Waals surface area contributed by atoms with E-state index in [1.807, 2.05) is 38.1 Å². The predicted octanol–water partition coefficient (Wildman–Crippen LogP) is 4.36. The second-order valence-corrected chi connectivity index (χ2v) is 7.31. The number of nitriles is 1. The zero-order valence-electron chi connectivity index (χ0n) is 16.8. The Morgan fingerprint density at radius 2 is 1.96 bits per heavy atom. The minimum atomic E-state index is -0.330. The smallest absolute Gasteiger partial charge is 0.141 e. The number of rotatable bonds is 2. The van der Waals surface area contributed by atoms with Gasteiger partial charge in [-0.05, 0) is 67.6 Å². The fraction of sp³-hybridized carbons (Fsp3) is 0.333. The van der Waals surface area contributed by atoms with Crippen molar-refractivity contribution >= 4 is 10.9 Å². The third kappa shape index (κ3) is 4.75. The zero-order chi connectivity index (χ0) is 20.1. The minimum Gasteiger partial charge on any atom is -0.379 e. The molecule has 0 fully saturated rings. The maximum atomic E-state index is 9.53. The number of pyridine rings is 1. The molecule has 1 N–H and O–H groups in total. The van der Waals surface area contributed by atoms with Gasteiger partial charge in [-0.15, -0.1) is 0 Å². The van der Waals surface area contributed by atoms with E-state index in [1.54, 1.807) is 6.07 Å². The third-order valence-electron chi connectivity index (χ3n) is 5.21. The molecule has 3 aromatic rings. The summed E-state index contributed by atoms with van der Waals surface area (Å²) in [6.07, 6.45) is 1.84. The number of aryl methyl sites for hydroxylation is 2. The molecule has 0 saturated carbocycles. The fourth-order valence-electron chi connectivity index (χ4n) is 3.47. The maximum Gasteiger partial charge on any atom is 0.141 e. The summed E-state index contributed by atoms with van der Waals surface area (Å²) in [4.78, 5) is 6.28. The van der Waals surface area contributed by atoms with Crippen LogP contribution in [0.5, 0.6) is 0 Å². The molecule has 4 rings (SSSR count). The number of hydrogen-bond donors (Lipinski definition) is 1. The lowest BCUT2D eigenvalue weighted by Crippen LogP contribution is -2.37. The van der Waals surface area contributed by atoms with E-state index in [2.05, 4.69) is 41.1 Å². The summed E-state index contributed by atoms with van der Waals surface area (Å²) >= 11 is 0. The average Bonchev–Trinajstić information content (AvgIpc) is 2.72. The lowest BCUT2D eigenvalue weighted by Gasteiger charge is -2.31. The van der Waals surface area contributed by atoms with Gasteiger partial charge in [0.2, 0.25) is 0 Å². The molecule has 0 radical (unpaired) electrons. The molecule has 1 aliphatic heterocycles. The first-order chi connectivity index (χ1) is 13.5.